The van der Waals surface area contributed by atoms with Crippen molar-refractivity contribution in [1.82, 2.24) is 0 Å². The van der Waals surface area contributed by atoms with Gasteiger partial charge in [0.05, 0.1) is 26.3 Å². The van der Waals surface area contributed by atoms with Crippen molar-refractivity contribution in [1.29, 1.82) is 0 Å². The molecule has 0 atom stereocenters. The lowest BCUT2D eigenvalue weighted by molar-refractivity contribution is -0.384. The largest absolute Gasteiger partial charge is 0.493 e. The molecule has 0 bridgehead atoms. The fourth-order valence-corrected chi connectivity index (χ4v) is 3.40. The molecule has 3 aromatic carbocycles. The molecule has 0 radical (unpaired) electrons. The van der Waals surface area contributed by atoms with Gasteiger partial charge in [-0.25, -0.2) is 0 Å². The molecule has 0 N–H and O–H groups in total. The van der Waals surface area contributed by atoms with Gasteiger partial charge in [-0.2, -0.15) is 0 Å². The van der Waals surface area contributed by atoms with Gasteiger partial charge >= 0.3 is 0 Å². The van der Waals surface area contributed by atoms with E-state index in [1.807, 2.05) is 48.6 Å². The average Bonchev–Trinajstić information content (AvgIpc) is 2.87. The van der Waals surface area contributed by atoms with E-state index in [2.05, 4.69) is 0 Å². The summed E-state index contributed by atoms with van der Waals surface area (Å²) in [4.78, 5) is 22.6. The lowest BCUT2D eigenvalue weighted by Crippen LogP contribution is -1.96. The Kier molecular flexibility index (Phi) is 8.18. The molecular formula is C27H25NO6. The second-order valence-corrected chi connectivity index (χ2v) is 7.27. The van der Waals surface area contributed by atoms with Gasteiger partial charge in [0.2, 0.25) is 5.75 Å². The van der Waals surface area contributed by atoms with Gasteiger partial charge in [-0.3, -0.25) is 14.9 Å². The second-order valence-electron chi connectivity index (χ2n) is 7.27. The number of nitro benzene ring substituents is 1. The molecule has 0 unspecified atom stereocenters. The van der Waals surface area contributed by atoms with E-state index in [1.54, 1.807) is 27.4 Å². The summed E-state index contributed by atoms with van der Waals surface area (Å²) in [5.74, 6) is 1.47. The topological polar surface area (TPSA) is 87.9 Å². The molecule has 7 nitrogen and oxygen atoms in total. The number of ether oxygens (including phenoxy) is 3. The number of non-ortho nitro benzene ring substituents is 1. The molecule has 0 saturated carbocycles. The van der Waals surface area contributed by atoms with Crippen LogP contribution in [0.3, 0.4) is 0 Å². The van der Waals surface area contributed by atoms with Crippen molar-refractivity contribution < 1.29 is 23.9 Å². The summed E-state index contributed by atoms with van der Waals surface area (Å²) in [6, 6.07) is 17.2. The lowest BCUT2D eigenvalue weighted by Gasteiger charge is -2.13. The summed E-state index contributed by atoms with van der Waals surface area (Å²) in [6.45, 7) is 0. The number of nitrogens with zero attached hydrogens (tertiary/aromatic N) is 1. The highest BCUT2D eigenvalue weighted by molar-refractivity contribution is 6.04. The van der Waals surface area contributed by atoms with Gasteiger partial charge in [-0.05, 0) is 53.5 Å². The number of benzene rings is 3. The summed E-state index contributed by atoms with van der Waals surface area (Å²) in [6.07, 6.45) is 7.77. The van der Waals surface area contributed by atoms with Crippen LogP contribution in [0.5, 0.6) is 17.2 Å². The Labute approximate surface area is 198 Å². The predicted molar refractivity (Wildman–Crippen MR) is 132 cm³/mol. The Morgan fingerprint density at radius 1 is 0.912 bits per heavy atom. The van der Waals surface area contributed by atoms with Gasteiger partial charge in [0.15, 0.2) is 17.3 Å². The van der Waals surface area contributed by atoms with Crippen LogP contribution < -0.4 is 14.2 Å². The molecule has 0 heterocycles. The predicted octanol–water partition coefficient (Wildman–Crippen LogP) is 5.77. The summed E-state index contributed by atoms with van der Waals surface area (Å²) < 4.78 is 16.2. The van der Waals surface area contributed by atoms with Crippen LogP contribution in [0.4, 0.5) is 5.69 Å². The molecule has 34 heavy (non-hydrogen) atoms. The molecule has 0 aliphatic carbocycles. The molecule has 0 aliphatic heterocycles. The summed E-state index contributed by atoms with van der Waals surface area (Å²) in [5.41, 5.74) is 3.28. The van der Waals surface area contributed by atoms with E-state index < -0.39 is 4.92 Å². The van der Waals surface area contributed by atoms with Crippen LogP contribution in [-0.4, -0.2) is 32.0 Å². The van der Waals surface area contributed by atoms with Crippen LogP contribution in [0.15, 0.2) is 72.8 Å². The van der Waals surface area contributed by atoms with Crippen LogP contribution in [0.1, 0.15) is 27.0 Å². The van der Waals surface area contributed by atoms with Crippen molar-refractivity contribution in [2.45, 2.75) is 6.42 Å². The van der Waals surface area contributed by atoms with E-state index in [0.29, 0.717) is 29.2 Å². The Hall–Kier alpha value is -4.39. The number of carbonyl (C=O) groups is 1. The summed E-state index contributed by atoms with van der Waals surface area (Å²) in [5, 5.41) is 10.8. The molecular weight excluding hydrogens is 434 g/mol. The minimum atomic E-state index is -0.493. The van der Waals surface area contributed by atoms with Crippen molar-refractivity contribution in [3.8, 4) is 17.2 Å². The van der Waals surface area contributed by atoms with Crippen LogP contribution in [-0.2, 0) is 6.42 Å². The molecule has 0 spiro atoms. The Morgan fingerprint density at radius 2 is 1.56 bits per heavy atom. The van der Waals surface area contributed by atoms with Crippen molar-refractivity contribution in [2.75, 3.05) is 21.3 Å². The molecule has 7 heteroatoms. The third-order valence-corrected chi connectivity index (χ3v) is 5.17. The highest BCUT2D eigenvalue weighted by Crippen LogP contribution is 2.38. The van der Waals surface area contributed by atoms with E-state index >= 15 is 0 Å². The molecule has 0 amide bonds. The third kappa shape index (κ3) is 5.89. The number of hydrogen-bond acceptors (Lipinski definition) is 6. The fraction of sp³-hybridized carbons (Fsp3) is 0.148. The summed E-state index contributed by atoms with van der Waals surface area (Å²) in [7, 11) is 4.71. The first-order chi connectivity index (χ1) is 16.5. The normalized spacial score (nSPS) is 11.0. The van der Waals surface area contributed by atoms with Crippen LogP contribution in [0.25, 0.3) is 12.2 Å². The maximum atomic E-state index is 12.4. The minimum absolute atomic E-state index is 0.0478. The SMILES string of the molecule is COc1cc(/C=C\c2ccccc2C/C=C\C(=O)c2ccc([N+](=O)[O-])cc2)cc(OC)c1OC. The van der Waals surface area contributed by atoms with Gasteiger partial charge in [0.25, 0.3) is 5.69 Å². The highest BCUT2D eigenvalue weighted by atomic mass is 16.6. The Bertz CT molecular complexity index is 1200. The number of hydrogen-bond donors (Lipinski definition) is 0. The standard InChI is InChI=1S/C27H25NO6/c1-32-25-17-19(18-26(33-2)27(25)34-3)11-12-21-8-5-4-7-20(21)9-6-10-24(29)22-13-15-23(16-14-22)28(30)31/h4-8,10-18H,9H2,1-3H3/b10-6-,12-11-. The molecule has 174 valence electrons. The smallest absolute Gasteiger partial charge is 0.269 e. The van der Waals surface area contributed by atoms with E-state index in [0.717, 1.165) is 16.7 Å². The molecule has 0 aromatic heterocycles. The lowest BCUT2D eigenvalue weighted by atomic mass is 10.0. The van der Waals surface area contributed by atoms with E-state index in [4.69, 9.17) is 14.2 Å². The maximum absolute atomic E-state index is 12.4. The first-order valence-electron chi connectivity index (χ1n) is 10.5. The quantitative estimate of drug-likeness (QED) is 0.126. The summed E-state index contributed by atoms with van der Waals surface area (Å²) >= 11 is 0. The number of ketones is 1. The zero-order chi connectivity index (χ0) is 24.5. The number of allylic oxidation sites excluding steroid dienone is 2. The van der Waals surface area contributed by atoms with Gasteiger partial charge in [-0.15, -0.1) is 0 Å². The maximum Gasteiger partial charge on any atom is 0.269 e. The molecule has 0 fully saturated rings. The van der Waals surface area contributed by atoms with Crippen molar-refractivity contribution >= 4 is 23.6 Å². The van der Waals surface area contributed by atoms with Crippen LogP contribution in [0.2, 0.25) is 0 Å². The molecule has 3 aromatic rings. The van der Waals surface area contributed by atoms with Gasteiger partial charge in [0, 0.05) is 17.7 Å². The van der Waals surface area contributed by atoms with Crippen molar-refractivity contribution in [2.24, 2.45) is 0 Å². The van der Waals surface area contributed by atoms with Crippen molar-refractivity contribution in [3.05, 3.63) is 105 Å². The highest BCUT2D eigenvalue weighted by Gasteiger charge is 2.12. The Morgan fingerprint density at radius 3 is 2.15 bits per heavy atom. The zero-order valence-electron chi connectivity index (χ0n) is 19.2. The van der Waals surface area contributed by atoms with Crippen molar-refractivity contribution in [3.63, 3.8) is 0 Å². The Balaban J connectivity index is 1.75. The van der Waals surface area contributed by atoms with Gasteiger partial charge < -0.3 is 14.2 Å². The van der Waals surface area contributed by atoms with Crippen LogP contribution in [0, 0.1) is 10.1 Å². The monoisotopic (exact) mass is 459 g/mol. The third-order valence-electron chi connectivity index (χ3n) is 5.17. The molecule has 0 saturated heterocycles. The number of nitro groups is 1. The number of carbonyl (C=O) groups excluding carboxylic acids is 1. The van der Waals surface area contributed by atoms with E-state index in [9.17, 15) is 14.9 Å². The van der Waals surface area contributed by atoms with Gasteiger partial charge in [-0.1, -0.05) is 42.5 Å². The molecule has 0 aliphatic rings. The molecule has 3 rings (SSSR count). The minimum Gasteiger partial charge on any atom is -0.493 e. The number of methoxy groups -OCH3 is 3. The zero-order valence-corrected chi connectivity index (χ0v) is 19.2. The van der Waals surface area contributed by atoms with Gasteiger partial charge in [0.1, 0.15) is 0 Å². The van der Waals surface area contributed by atoms with Crippen LogP contribution >= 0.6 is 0 Å². The first kappa shape index (κ1) is 24.3. The van der Waals surface area contributed by atoms with E-state index in [-0.39, 0.29) is 11.5 Å². The van der Waals surface area contributed by atoms with E-state index in [1.165, 1.54) is 30.3 Å². The average molecular weight is 459 g/mol. The fourth-order valence-electron chi connectivity index (χ4n) is 3.40. The first-order valence-corrected chi connectivity index (χ1v) is 10.5. The number of rotatable bonds is 10. The second kappa shape index (κ2) is 11.5.